The van der Waals surface area contributed by atoms with Crippen molar-refractivity contribution >= 4 is 5.91 Å². The summed E-state index contributed by atoms with van der Waals surface area (Å²) < 4.78 is 11.3. The lowest BCUT2D eigenvalue weighted by molar-refractivity contribution is -0.123. The number of amides is 1. The van der Waals surface area contributed by atoms with E-state index in [2.05, 4.69) is 10.2 Å². The van der Waals surface area contributed by atoms with Gasteiger partial charge in [0.25, 0.3) is 5.91 Å². The van der Waals surface area contributed by atoms with E-state index in [1.54, 1.807) is 6.26 Å². The number of ether oxygens (including phenoxy) is 1. The van der Waals surface area contributed by atoms with Crippen LogP contribution in [0.25, 0.3) is 0 Å². The minimum Gasteiger partial charge on any atom is -0.483 e. The van der Waals surface area contributed by atoms with Crippen molar-refractivity contribution in [3.8, 4) is 5.75 Å². The van der Waals surface area contributed by atoms with E-state index in [-0.39, 0.29) is 18.6 Å². The molecule has 1 N–H and O–H groups in total. The molecule has 1 aromatic heterocycles. The van der Waals surface area contributed by atoms with E-state index in [0.717, 1.165) is 35.7 Å². The van der Waals surface area contributed by atoms with Gasteiger partial charge in [-0.2, -0.15) is 0 Å². The summed E-state index contributed by atoms with van der Waals surface area (Å²) in [5, 5.41) is 2.99. The second-order valence-electron chi connectivity index (χ2n) is 6.59. The first kappa shape index (κ1) is 17.5. The molecular formula is C20H26N2O3. The van der Waals surface area contributed by atoms with E-state index in [4.69, 9.17) is 9.15 Å². The Morgan fingerprint density at radius 2 is 1.92 bits per heavy atom. The number of para-hydroxylation sites is 1. The van der Waals surface area contributed by atoms with E-state index in [1.165, 1.54) is 12.8 Å². The molecule has 134 valence electrons. The number of nitrogens with one attached hydrogen (secondary N) is 1. The Morgan fingerprint density at radius 3 is 2.56 bits per heavy atom. The summed E-state index contributed by atoms with van der Waals surface area (Å²) in [6.45, 7) is 6.61. The Kier molecular flexibility index (Phi) is 5.76. The lowest BCUT2D eigenvalue weighted by atomic mass is 10.1. The molecule has 5 nitrogen and oxygen atoms in total. The molecule has 1 atom stereocenters. The Balaban J connectivity index is 1.55. The number of carbonyl (C=O) groups is 1. The van der Waals surface area contributed by atoms with Crippen molar-refractivity contribution in [1.29, 1.82) is 0 Å². The van der Waals surface area contributed by atoms with E-state index in [9.17, 15) is 4.79 Å². The summed E-state index contributed by atoms with van der Waals surface area (Å²) >= 11 is 0. The Morgan fingerprint density at radius 1 is 1.20 bits per heavy atom. The van der Waals surface area contributed by atoms with Crippen LogP contribution < -0.4 is 10.1 Å². The first-order chi connectivity index (χ1) is 12.1. The zero-order valence-electron chi connectivity index (χ0n) is 15.0. The van der Waals surface area contributed by atoms with Crippen molar-refractivity contribution in [3.05, 3.63) is 53.5 Å². The van der Waals surface area contributed by atoms with Gasteiger partial charge in [0.2, 0.25) is 0 Å². The second kappa shape index (κ2) is 8.21. The summed E-state index contributed by atoms with van der Waals surface area (Å²) in [7, 11) is 0. The molecule has 3 rings (SSSR count). The second-order valence-corrected chi connectivity index (χ2v) is 6.59. The summed E-state index contributed by atoms with van der Waals surface area (Å²) in [4.78, 5) is 14.6. The summed E-state index contributed by atoms with van der Waals surface area (Å²) in [6, 6.07) is 9.91. The lowest BCUT2D eigenvalue weighted by Crippen LogP contribution is -2.38. The third-order valence-corrected chi connectivity index (χ3v) is 4.70. The fourth-order valence-corrected chi connectivity index (χ4v) is 3.37. The smallest absolute Gasteiger partial charge is 0.258 e. The molecule has 0 unspecified atom stereocenters. The van der Waals surface area contributed by atoms with Crippen LogP contribution in [0.3, 0.4) is 0 Å². The van der Waals surface area contributed by atoms with Gasteiger partial charge in [-0.1, -0.05) is 18.2 Å². The fraction of sp³-hybridized carbons (Fsp3) is 0.450. The standard InChI is InChI=1S/C20H26N2O3/c1-15-7-5-8-16(2)20(15)25-14-19(23)21-13-17(18-9-6-12-24-18)22-10-3-4-11-22/h5-9,12,17H,3-4,10-11,13-14H2,1-2H3,(H,21,23)/t17-/m0/s1. The van der Waals surface area contributed by atoms with Gasteiger partial charge in [-0.15, -0.1) is 0 Å². The Labute approximate surface area is 149 Å². The number of rotatable bonds is 7. The quantitative estimate of drug-likeness (QED) is 0.839. The van der Waals surface area contributed by atoms with Crippen LogP contribution in [0.1, 0.15) is 35.8 Å². The van der Waals surface area contributed by atoms with Gasteiger partial charge in [-0.05, 0) is 63.0 Å². The molecule has 1 aliphatic heterocycles. The van der Waals surface area contributed by atoms with Crippen molar-refractivity contribution in [2.24, 2.45) is 0 Å². The highest BCUT2D eigenvalue weighted by atomic mass is 16.5. The van der Waals surface area contributed by atoms with Crippen molar-refractivity contribution in [3.63, 3.8) is 0 Å². The Hall–Kier alpha value is -2.27. The van der Waals surface area contributed by atoms with Crippen molar-refractivity contribution < 1.29 is 13.9 Å². The first-order valence-corrected chi connectivity index (χ1v) is 8.88. The predicted octanol–water partition coefficient (Wildman–Crippen LogP) is 3.23. The van der Waals surface area contributed by atoms with Crippen LogP contribution in [-0.4, -0.2) is 37.0 Å². The molecule has 1 saturated heterocycles. The number of aryl methyl sites for hydroxylation is 2. The predicted molar refractivity (Wildman–Crippen MR) is 96.7 cm³/mol. The van der Waals surface area contributed by atoms with Gasteiger partial charge < -0.3 is 14.5 Å². The Bertz CT molecular complexity index is 671. The molecule has 1 fully saturated rings. The van der Waals surface area contributed by atoms with Crippen LogP contribution in [0.5, 0.6) is 5.75 Å². The average molecular weight is 342 g/mol. The molecular weight excluding hydrogens is 316 g/mol. The molecule has 25 heavy (non-hydrogen) atoms. The van der Waals surface area contributed by atoms with Crippen LogP contribution in [-0.2, 0) is 4.79 Å². The first-order valence-electron chi connectivity index (χ1n) is 8.88. The number of hydrogen-bond acceptors (Lipinski definition) is 4. The average Bonchev–Trinajstić information content (AvgIpc) is 3.29. The fourth-order valence-electron chi connectivity index (χ4n) is 3.37. The zero-order chi connectivity index (χ0) is 17.6. The third-order valence-electron chi connectivity index (χ3n) is 4.70. The molecule has 2 aromatic rings. The normalized spacial score (nSPS) is 15.9. The maximum absolute atomic E-state index is 12.2. The van der Waals surface area contributed by atoms with Crippen molar-refractivity contribution in [1.82, 2.24) is 10.2 Å². The molecule has 1 aromatic carbocycles. The minimum atomic E-state index is -0.113. The monoisotopic (exact) mass is 342 g/mol. The molecule has 0 spiro atoms. The van der Waals surface area contributed by atoms with E-state index in [0.29, 0.717) is 6.54 Å². The van der Waals surface area contributed by atoms with E-state index >= 15 is 0 Å². The number of furan rings is 1. The van der Waals surface area contributed by atoms with E-state index < -0.39 is 0 Å². The molecule has 0 radical (unpaired) electrons. The van der Waals surface area contributed by atoms with Gasteiger partial charge in [0.1, 0.15) is 11.5 Å². The van der Waals surface area contributed by atoms with Gasteiger partial charge in [-0.3, -0.25) is 9.69 Å². The largest absolute Gasteiger partial charge is 0.483 e. The van der Waals surface area contributed by atoms with Gasteiger partial charge in [-0.25, -0.2) is 0 Å². The maximum atomic E-state index is 12.2. The molecule has 1 amide bonds. The van der Waals surface area contributed by atoms with Crippen LogP contribution in [0.2, 0.25) is 0 Å². The molecule has 0 aliphatic carbocycles. The molecule has 0 bridgehead atoms. The summed E-state index contributed by atoms with van der Waals surface area (Å²) in [5.41, 5.74) is 2.08. The van der Waals surface area contributed by atoms with Crippen LogP contribution >= 0.6 is 0 Å². The van der Waals surface area contributed by atoms with Crippen molar-refractivity contribution in [2.75, 3.05) is 26.2 Å². The highest BCUT2D eigenvalue weighted by molar-refractivity contribution is 5.77. The zero-order valence-corrected chi connectivity index (χ0v) is 15.0. The van der Waals surface area contributed by atoms with Crippen LogP contribution in [0, 0.1) is 13.8 Å². The number of carbonyl (C=O) groups excluding carboxylic acids is 1. The number of hydrogen-bond donors (Lipinski definition) is 1. The third kappa shape index (κ3) is 4.42. The number of nitrogens with zero attached hydrogens (tertiary/aromatic N) is 1. The van der Waals surface area contributed by atoms with E-state index in [1.807, 2.05) is 44.2 Å². The van der Waals surface area contributed by atoms with Crippen LogP contribution in [0.4, 0.5) is 0 Å². The van der Waals surface area contributed by atoms with Gasteiger partial charge in [0.15, 0.2) is 6.61 Å². The van der Waals surface area contributed by atoms with Crippen molar-refractivity contribution in [2.45, 2.75) is 32.7 Å². The minimum absolute atomic E-state index is 0.0244. The number of benzene rings is 1. The van der Waals surface area contributed by atoms with Gasteiger partial charge >= 0.3 is 0 Å². The highest BCUT2D eigenvalue weighted by Crippen LogP contribution is 2.25. The topological polar surface area (TPSA) is 54.7 Å². The highest BCUT2D eigenvalue weighted by Gasteiger charge is 2.25. The molecule has 2 heterocycles. The van der Waals surface area contributed by atoms with Gasteiger partial charge in [0.05, 0.1) is 12.3 Å². The summed E-state index contributed by atoms with van der Waals surface area (Å²) in [6.07, 6.45) is 4.08. The number of likely N-dealkylation sites (tertiary alicyclic amines) is 1. The molecule has 5 heteroatoms. The SMILES string of the molecule is Cc1cccc(C)c1OCC(=O)NC[C@@H](c1ccco1)N1CCCC1. The van der Waals surface area contributed by atoms with Gasteiger partial charge in [0, 0.05) is 6.54 Å². The molecule has 0 saturated carbocycles. The maximum Gasteiger partial charge on any atom is 0.258 e. The summed E-state index contributed by atoms with van der Waals surface area (Å²) in [5.74, 6) is 1.58. The molecule has 1 aliphatic rings. The van der Waals surface area contributed by atoms with Crippen LogP contribution in [0.15, 0.2) is 41.0 Å². The lowest BCUT2D eigenvalue weighted by Gasteiger charge is -2.26.